The van der Waals surface area contributed by atoms with Crippen LogP contribution in [0.3, 0.4) is 0 Å². The first-order valence-corrected chi connectivity index (χ1v) is 12.2. The van der Waals surface area contributed by atoms with Gasteiger partial charge in [-0.05, 0) is 48.7 Å². The van der Waals surface area contributed by atoms with E-state index < -0.39 is 0 Å². The Bertz CT molecular complexity index is 1770. The predicted molar refractivity (Wildman–Crippen MR) is 141 cm³/mol. The minimum absolute atomic E-state index is 0.0651. The van der Waals surface area contributed by atoms with E-state index in [0.29, 0.717) is 11.3 Å². The van der Waals surface area contributed by atoms with Gasteiger partial charge in [0.2, 0.25) is 5.91 Å². The molecular weight excluding hydrogens is 464 g/mol. The summed E-state index contributed by atoms with van der Waals surface area (Å²) in [4.78, 5) is 33.3. The standard InChI is InChI=1S/C28H22N8O/c37-28(17-2-1-3-17)33-20-8-18(11-30-13-20)19-9-22-26(35-36-27(22)32-12-19)24-10-21-23(14-31-15-25(21)34-24)16-4-6-29-7-5-16/h4-15,17,34H,1-3H2,(H,33,37)(H,32,35,36). The van der Waals surface area contributed by atoms with Crippen molar-refractivity contribution < 1.29 is 4.79 Å². The van der Waals surface area contributed by atoms with Gasteiger partial charge in [-0.25, -0.2) is 4.98 Å². The fraction of sp³-hybridized carbons (Fsp3) is 0.143. The molecule has 0 atom stereocenters. The smallest absolute Gasteiger partial charge is 0.227 e. The van der Waals surface area contributed by atoms with E-state index in [0.717, 1.165) is 69.2 Å². The molecular formula is C28H22N8O. The van der Waals surface area contributed by atoms with Crippen molar-refractivity contribution in [1.29, 1.82) is 0 Å². The highest BCUT2D eigenvalue weighted by Gasteiger charge is 2.25. The van der Waals surface area contributed by atoms with Crippen LogP contribution in [0.1, 0.15) is 19.3 Å². The molecule has 1 aliphatic rings. The lowest BCUT2D eigenvalue weighted by Gasteiger charge is -2.24. The number of anilines is 1. The molecule has 1 amide bonds. The van der Waals surface area contributed by atoms with Crippen LogP contribution in [0.15, 0.2) is 73.7 Å². The van der Waals surface area contributed by atoms with Crippen LogP contribution in [-0.4, -0.2) is 41.0 Å². The number of rotatable bonds is 5. The number of pyridine rings is 4. The number of amides is 1. The third-order valence-electron chi connectivity index (χ3n) is 7.03. The van der Waals surface area contributed by atoms with Crippen LogP contribution in [0.2, 0.25) is 0 Å². The largest absolute Gasteiger partial charge is 0.352 e. The fourth-order valence-corrected chi connectivity index (χ4v) is 4.79. The highest BCUT2D eigenvalue weighted by atomic mass is 16.1. The minimum atomic E-state index is 0.0651. The number of nitrogens with zero attached hydrogens (tertiary/aromatic N) is 5. The van der Waals surface area contributed by atoms with Crippen molar-refractivity contribution >= 4 is 33.5 Å². The summed E-state index contributed by atoms with van der Waals surface area (Å²) in [5.41, 5.74) is 7.79. The lowest BCUT2D eigenvalue weighted by Crippen LogP contribution is -2.28. The second-order valence-electron chi connectivity index (χ2n) is 9.34. The van der Waals surface area contributed by atoms with Crippen molar-refractivity contribution in [3.8, 4) is 33.6 Å². The van der Waals surface area contributed by atoms with Gasteiger partial charge in [0.05, 0.1) is 35.0 Å². The van der Waals surface area contributed by atoms with Gasteiger partial charge in [-0.1, -0.05) is 6.42 Å². The Labute approximate surface area is 211 Å². The first-order valence-electron chi connectivity index (χ1n) is 12.2. The van der Waals surface area contributed by atoms with Crippen LogP contribution in [0.5, 0.6) is 0 Å². The Morgan fingerprint density at radius 2 is 1.70 bits per heavy atom. The molecule has 0 spiro atoms. The summed E-state index contributed by atoms with van der Waals surface area (Å²) in [5, 5.41) is 12.5. The molecule has 0 unspecified atom stereocenters. The van der Waals surface area contributed by atoms with E-state index in [-0.39, 0.29) is 11.8 Å². The van der Waals surface area contributed by atoms with Crippen LogP contribution in [0, 0.1) is 5.92 Å². The monoisotopic (exact) mass is 486 g/mol. The van der Waals surface area contributed by atoms with E-state index in [4.69, 9.17) is 0 Å². The third kappa shape index (κ3) is 3.81. The Balaban J connectivity index is 1.26. The molecule has 6 aromatic rings. The van der Waals surface area contributed by atoms with E-state index >= 15 is 0 Å². The van der Waals surface area contributed by atoms with E-state index in [1.165, 1.54) is 0 Å². The molecule has 7 rings (SSSR count). The van der Waals surface area contributed by atoms with Gasteiger partial charge >= 0.3 is 0 Å². The van der Waals surface area contributed by atoms with Crippen molar-refractivity contribution in [2.45, 2.75) is 19.3 Å². The summed E-state index contributed by atoms with van der Waals surface area (Å²) in [6.07, 6.45) is 15.5. The Morgan fingerprint density at radius 1 is 0.865 bits per heavy atom. The molecule has 6 heterocycles. The first-order chi connectivity index (χ1) is 18.2. The zero-order valence-electron chi connectivity index (χ0n) is 19.8. The number of carbonyl (C=O) groups excluding carboxylic acids is 1. The molecule has 1 fully saturated rings. The van der Waals surface area contributed by atoms with Crippen LogP contribution in [-0.2, 0) is 4.79 Å². The van der Waals surface area contributed by atoms with Crippen LogP contribution in [0.25, 0.3) is 55.6 Å². The summed E-state index contributed by atoms with van der Waals surface area (Å²) in [5.74, 6) is 0.177. The number of H-pyrrole nitrogens is 2. The molecule has 9 nitrogen and oxygen atoms in total. The second-order valence-corrected chi connectivity index (χ2v) is 9.34. The van der Waals surface area contributed by atoms with Gasteiger partial charge in [0.15, 0.2) is 5.65 Å². The van der Waals surface area contributed by atoms with Gasteiger partial charge in [0.1, 0.15) is 0 Å². The van der Waals surface area contributed by atoms with Gasteiger partial charge in [0, 0.05) is 64.4 Å². The van der Waals surface area contributed by atoms with Crippen LogP contribution >= 0.6 is 0 Å². The summed E-state index contributed by atoms with van der Waals surface area (Å²) < 4.78 is 0. The molecule has 3 N–H and O–H groups in total. The quantitative estimate of drug-likeness (QED) is 0.301. The third-order valence-corrected chi connectivity index (χ3v) is 7.03. The van der Waals surface area contributed by atoms with Gasteiger partial charge in [-0.3, -0.25) is 24.8 Å². The number of aromatic amines is 2. The molecule has 0 aromatic carbocycles. The number of nitrogens with one attached hydrogen (secondary N) is 3. The molecule has 180 valence electrons. The van der Waals surface area contributed by atoms with Crippen LogP contribution < -0.4 is 5.32 Å². The summed E-state index contributed by atoms with van der Waals surface area (Å²) >= 11 is 0. The lowest BCUT2D eigenvalue weighted by atomic mass is 9.85. The van der Waals surface area contributed by atoms with Crippen LogP contribution in [0.4, 0.5) is 5.69 Å². The number of carbonyl (C=O) groups is 1. The van der Waals surface area contributed by atoms with Crippen molar-refractivity contribution in [2.24, 2.45) is 5.92 Å². The van der Waals surface area contributed by atoms with Gasteiger partial charge < -0.3 is 10.3 Å². The maximum atomic E-state index is 12.4. The summed E-state index contributed by atoms with van der Waals surface area (Å²) in [6.45, 7) is 0. The van der Waals surface area contributed by atoms with E-state index in [9.17, 15) is 4.79 Å². The number of hydrogen-bond donors (Lipinski definition) is 3. The minimum Gasteiger partial charge on any atom is -0.352 e. The summed E-state index contributed by atoms with van der Waals surface area (Å²) in [7, 11) is 0. The molecule has 1 saturated carbocycles. The fourth-order valence-electron chi connectivity index (χ4n) is 4.79. The van der Waals surface area contributed by atoms with Crippen molar-refractivity contribution in [3.63, 3.8) is 0 Å². The molecule has 0 radical (unpaired) electrons. The number of hydrogen-bond acceptors (Lipinski definition) is 6. The van der Waals surface area contributed by atoms with E-state index in [1.807, 2.05) is 36.7 Å². The predicted octanol–water partition coefficient (Wildman–Crippen LogP) is 5.36. The molecule has 0 aliphatic heterocycles. The molecule has 9 heteroatoms. The van der Waals surface area contributed by atoms with E-state index in [1.54, 1.807) is 31.0 Å². The molecule has 6 aromatic heterocycles. The Morgan fingerprint density at radius 3 is 2.54 bits per heavy atom. The SMILES string of the molecule is O=C(Nc1cncc(-c2cnc3n[nH]c(-c4cc5c(-c6ccncc6)cncc5[nH]4)c3c2)c1)C1CCC1. The lowest BCUT2D eigenvalue weighted by molar-refractivity contribution is -0.122. The molecule has 37 heavy (non-hydrogen) atoms. The van der Waals surface area contributed by atoms with Gasteiger partial charge in [0.25, 0.3) is 0 Å². The topological polar surface area (TPSA) is 125 Å². The van der Waals surface area contributed by atoms with Crippen molar-refractivity contribution in [2.75, 3.05) is 5.32 Å². The normalized spacial score (nSPS) is 13.6. The Kier molecular flexibility index (Phi) is 4.99. The Hall–Kier alpha value is -4.92. The van der Waals surface area contributed by atoms with Crippen molar-refractivity contribution in [1.82, 2.24) is 35.1 Å². The van der Waals surface area contributed by atoms with Gasteiger partial charge in [-0.2, -0.15) is 5.10 Å². The molecule has 1 aliphatic carbocycles. The molecule has 0 bridgehead atoms. The zero-order chi connectivity index (χ0) is 24.8. The molecule has 0 saturated heterocycles. The highest BCUT2D eigenvalue weighted by molar-refractivity contribution is 6.00. The number of fused-ring (bicyclic) bond motifs is 2. The summed E-state index contributed by atoms with van der Waals surface area (Å²) in [6, 6.07) is 10.0. The first kappa shape index (κ1) is 21.4. The zero-order valence-corrected chi connectivity index (χ0v) is 19.8. The average Bonchev–Trinajstić information content (AvgIpc) is 3.52. The maximum Gasteiger partial charge on any atom is 0.227 e. The second kappa shape index (κ2) is 8.63. The highest BCUT2D eigenvalue weighted by Crippen LogP contribution is 2.34. The number of aromatic nitrogens is 7. The van der Waals surface area contributed by atoms with E-state index in [2.05, 4.69) is 46.5 Å². The average molecular weight is 487 g/mol. The van der Waals surface area contributed by atoms with Gasteiger partial charge in [-0.15, -0.1) is 0 Å². The maximum absolute atomic E-state index is 12.4. The van der Waals surface area contributed by atoms with Crippen molar-refractivity contribution in [3.05, 3.63) is 73.7 Å².